The molecule has 16 nitrogen and oxygen atoms in total. The molecular formula is C43H50N8O8. The molecule has 3 aromatic heterocycles. The van der Waals surface area contributed by atoms with E-state index >= 15 is 0 Å². The Morgan fingerprint density at radius 3 is 1.81 bits per heavy atom. The second-order valence-corrected chi connectivity index (χ2v) is 16.1. The van der Waals surface area contributed by atoms with Crippen LogP contribution in [0.4, 0.5) is 9.59 Å². The smallest absolute Gasteiger partial charge is 0.407 e. The number of alkyl carbamates (subject to hydrolysis) is 2. The molecule has 4 unspecified atom stereocenters. The molecule has 6 heterocycles. The molecule has 0 radical (unpaired) electrons. The molecule has 0 bridgehead atoms. The first kappa shape index (κ1) is 39.5. The minimum absolute atomic E-state index is 0.123. The predicted octanol–water partition coefficient (Wildman–Crippen LogP) is 6.86. The Labute approximate surface area is 341 Å². The lowest BCUT2D eigenvalue weighted by Crippen LogP contribution is -2.51. The summed E-state index contributed by atoms with van der Waals surface area (Å²) in [7, 11) is 2.57. The van der Waals surface area contributed by atoms with Crippen LogP contribution in [0.1, 0.15) is 82.7 Å². The van der Waals surface area contributed by atoms with Gasteiger partial charge in [-0.3, -0.25) is 9.59 Å². The Morgan fingerprint density at radius 2 is 1.29 bits per heavy atom. The van der Waals surface area contributed by atoms with Crippen LogP contribution >= 0.6 is 0 Å². The van der Waals surface area contributed by atoms with Gasteiger partial charge in [0.2, 0.25) is 11.8 Å². The molecule has 4 N–H and O–H groups in total. The number of aromatic amines is 2. The number of nitrogens with zero attached hydrogens (tertiary/aromatic N) is 4. The minimum atomic E-state index is -0.710. The van der Waals surface area contributed by atoms with Gasteiger partial charge < -0.3 is 49.0 Å². The molecule has 3 aliphatic rings. The fraction of sp³-hybridized carbons (Fsp3) is 0.442. The first-order valence-electron chi connectivity index (χ1n) is 20.2. The monoisotopic (exact) mass is 806 g/mol. The van der Waals surface area contributed by atoms with E-state index in [1.165, 1.54) is 14.2 Å². The highest BCUT2D eigenvalue weighted by Crippen LogP contribution is 2.45. The van der Waals surface area contributed by atoms with Crippen molar-refractivity contribution < 1.29 is 37.8 Å². The van der Waals surface area contributed by atoms with Crippen LogP contribution in [-0.4, -0.2) is 93.1 Å². The van der Waals surface area contributed by atoms with E-state index in [4.69, 9.17) is 28.6 Å². The Morgan fingerprint density at radius 1 is 0.763 bits per heavy atom. The number of aromatic nitrogens is 4. The van der Waals surface area contributed by atoms with Crippen LogP contribution in [0.25, 0.3) is 44.8 Å². The summed E-state index contributed by atoms with van der Waals surface area (Å²) in [6, 6.07) is 10.1. The number of imidazole rings is 2. The van der Waals surface area contributed by atoms with Gasteiger partial charge >= 0.3 is 12.2 Å². The Hall–Kier alpha value is -6.32. The number of methoxy groups -OCH3 is 2. The molecular weight excluding hydrogens is 757 g/mol. The summed E-state index contributed by atoms with van der Waals surface area (Å²) in [5.74, 6) is 2.26. The van der Waals surface area contributed by atoms with Crippen LogP contribution in [0.5, 0.6) is 5.75 Å². The lowest BCUT2D eigenvalue weighted by molar-refractivity contribution is -0.136. The van der Waals surface area contributed by atoms with Crippen LogP contribution in [-0.2, 0) is 25.7 Å². The molecule has 2 saturated heterocycles. The Balaban J connectivity index is 0.995. The largest absolute Gasteiger partial charge is 0.488 e. The van der Waals surface area contributed by atoms with Gasteiger partial charge in [0.25, 0.3) is 0 Å². The molecule has 4 atom stereocenters. The van der Waals surface area contributed by atoms with Crippen LogP contribution in [0, 0.1) is 11.8 Å². The van der Waals surface area contributed by atoms with Crippen molar-refractivity contribution in [1.82, 2.24) is 40.4 Å². The number of carbonyl (C=O) groups excluding carboxylic acids is 4. The third-order valence-corrected chi connectivity index (χ3v) is 11.7. The number of benzene rings is 2. The number of hydrogen-bond donors (Lipinski definition) is 4. The number of ether oxygens (including phenoxy) is 3. The van der Waals surface area contributed by atoms with Gasteiger partial charge in [0.05, 0.1) is 55.6 Å². The van der Waals surface area contributed by atoms with Gasteiger partial charge in [-0.1, -0.05) is 33.8 Å². The number of carbonyl (C=O) groups is 4. The average molecular weight is 807 g/mol. The van der Waals surface area contributed by atoms with Crippen molar-refractivity contribution >= 4 is 35.0 Å². The Bertz CT molecular complexity index is 2400. The summed E-state index contributed by atoms with van der Waals surface area (Å²) in [6.45, 7) is 9.04. The van der Waals surface area contributed by atoms with Gasteiger partial charge in [0.15, 0.2) is 0 Å². The van der Waals surface area contributed by atoms with Gasteiger partial charge in [-0.15, -0.1) is 0 Å². The lowest BCUT2D eigenvalue weighted by Gasteiger charge is -2.30. The van der Waals surface area contributed by atoms with E-state index in [1.54, 1.807) is 22.2 Å². The zero-order chi connectivity index (χ0) is 41.5. The molecule has 0 saturated carbocycles. The molecule has 3 aliphatic heterocycles. The number of likely N-dealkylation sites (tertiary alicyclic amines) is 2. The molecule has 16 heteroatoms. The van der Waals surface area contributed by atoms with Crippen molar-refractivity contribution in [3.63, 3.8) is 0 Å². The van der Waals surface area contributed by atoms with E-state index in [0.29, 0.717) is 37.1 Å². The molecule has 0 aliphatic carbocycles. The quantitative estimate of drug-likeness (QED) is 0.116. The first-order chi connectivity index (χ1) is 28.4. The molecule has 0 spiro atoms. The SMILES string of the molecule is COC(=O)NC(C(=O)N1CCCC1c1ncc(-c2ccc3c(c2)OCc2c-3oc3ccc(-c4cnc(C5CCCN5C(=O)C(NC(=O)OC)C(C)C)[nH]4)cc23)[nH]1)C(C)C. The summed E-state index contributed by atoms with van der Waals surface area (Å²) in [5, 5.41) is 6.33. The fourth-order valence-electron chi connectivity index (χ4n) is 8.51. The number of rotatable bonds is 10. The summed E-state index contributed by atoms with van der Waals surface area (Å²) >= 11 is 0. The normalized spacial score (nSPS) is 18.4. The van der Waals surface area contributed by atoms with E-state index in [0.717, 1.165) is 76.1 Å². The van der Waals surface area contributed by atoms with E-state index in [1.807, 2.05) is 58.0 Å². The average Bonchev–Trinajstić information content (AvgIpc) is 4.09. The molecule has 2 fully saturated rings. The van der Waals surface area contributed by atoms with Crippen molar-refractivity contribution in [3.05, 3.63) is 66.0 Å². The van der Waals surface area contributed by atoms with Gasteiger partial charge in [-0.05, 0) is 67.9 Å². The number of hydrogen-bond acceptors (Lipinski definition) is 10. The maximum absolute atomic E-state index is 13.6. The number of nitrogens with one attached hydrogen (secondary N) is 4. The third kappa shape index (κ3) is 7.47. The highest BCUT2D eigenvalue weighted by atomic mass is 16.5. The predicted molar refractivity (Wildman–Crippen MR) is 217 cm³/mol. The van der Waals surface area contributed by atoms with Crippen molar-refractivity contribution in [3.8, 4) is 39.6 Å². The zero-order valence-corrected chi connectivity index (χ0v) is 34.1. The van der Waals surface area contributed by atoms with Crippen LogP contribution in [0.2, 0.25) is 0 Å². The van der Waals surface area contributed by atoms with Gasteiger partial charge in [0.1, 0.15) is 47.4 Å². The second-order valence-electron chi connectivity index (χ2n) is 16.1. The summed E-state index contributed by atoms with van der Waals surface area (Å²) < 4.78 is 22.3. The number of H-pyrrole nitrogens is 2. The van der Waals surface area contributed by atoms with E-state index in [9.17, 15) is 19.2 Å². The maximum Gasteiger partial charge on any atom is 0.407 e. The van der Waals surface area contributed by atoms with Crippen molar-refractivity contribution in [2.24, 2.45) is 11.8 Å². The molecule has 8 rings (SSSR count). The second kappa shape index (κ2) is 16.1. The number of furan rings is 1. The molecule has 4 amide bonds. The lowest BCUT2D eigenvalue weighted by atomic mass is 9.99. The van der Waals surface area contributed by atoms with Gasteiger partial charge in [-0.25, -0.2) is 19.6 Å². The summed E-state index contributed by atoms with van der Waals surface area (Å²) in [5.41, 5.74) is 5.93. The van der Waals surface area contributed by atoms with Gasteiger partial charge in [0, 0.05) is 35.2 Å². The standard InChI is InChI=1S/C43H50N8O8/c1-22(2)35(48-42(54)56-5)40(52)50-15-7-9-31(50)38-44-19-29(46-38)24-12-14-33-27(17-24)28-21-58-34-18-25(11-13-26(34)37(28)59-33)30-20-45-39(47-30)32-10-8-16-51(32)41(53)36(23(3)4)49-43(55)57-6/h11-14,17-20,22-23,31-32,35-36H,7-10,15-16,21H2,1-6H3,(H,44,46)(H,45,47)(H,48,54)(H,49,55). The zero-order valence-electron chi connectivity index (χ0n) is 34.1. The highest BCUT2D eigenvalue weighted by Gasteiger charge is 2.39. The summed E-state index contributed by atoms with van der Waals surface area (Å²) in [4.78, 5) is 71.2. The maximum atomic E-state index is 13.6. The van der Waals surface area contributed by atoms with E-state index < -0.39 is 24.3 Å². The van der Waals surface area contributed by atoms with E-state index in [-0.39, 0.29) is 35.7 Å². The van der Waals surface area contributed by atoms with Crippen LogP contribution in [0.3, 0.4) is 0 Å². The summed E-state index contributed by atoms with van der Waals surface area (Å²) in [6.07, 6.45) is 5.45. The van der Waals surface area contributed by atoms with Crippen molar-refractivity contribution in [2.45, 2.75) is 84.2 Å². The fourth-order valence-corrected chi connectivity index (χ4v) is 8.51. The van der Waals surface area contributed by atoms with Crippen LogP contribution < -0.4 is 15.4 Å². The first-order valence-corrected chi connectivity index (χ1v) is 20.2. The highest BCUT2D eigenvalue weighted by molar-refractivity contribution is 5.93. The molecule has 2 aromatic carbocycles. The molecule has 59 heavy (non-hydrogen) atoms. The van der Waals surface area contributed by atoms with Gasteiger partial charge in [-0.2, -0.15) is 0 Å². The number of fused-ring (bicyclic) bond motifs is 5. The topological polar surface area (TPSA) is 197 Å². The molecule has 310 valence electrons. The van der Waals surface area contributed by atoms with Crippen LogP contribution in [0.15, 0.2) is 53.2 Å². The third-order valence-electron chi connectivity index (χ3n) is 11.7. The molecule has 5 aromatic rings. The van der Waals surface area contributed by atoms with Crippen molar-refractivity contribution in [1.29, 1.82) is 0 Å². The van der Waals surface area contributed by atoms with E-state index in [2.05, 4.69) is 26.7 Å². The Kier molecular flexibility index (Phi) is 10.8. The van der Waals surface area contributed by atoms with Crippen molar-refractivity contribution in [2.75, 3.05) is 27.3 Å². The number of amides is 4. The minimum Gasteiger partial charge on any atom is -0.488 e.